The molecule has 1 aromatic heterocycles. The highest BCUT2D eigenvalue weighted by Gasteiger charge is 2.09. The van der Waals surface area contributed by atoms with Gasteiger partial charge in [-0.05, 0) is 32.3 Å². The summed E-state index contributed by atoms with van der Waals surface area (Å²) < 4.78 is 2.17. The van der Waals surface area contributed by atoms with Crippen LogP contribution in [0.5, 0.6) is 0 Å². The average molecular weight is 208 g/mol. The Morgan fingerprint density at radius 1 is 1.33 bits per heavy atom. The molecule has 0 aliphatic heterocycles. The molecule has 0 aliphatic rings. The van der Waals surface area contributed by atoms with Crippen molar-refractivity contribution in [3.63, 3.8) is 0 Å². The van der Waals surface area contributed by atoms with Crippen LogP contribution in [0.25, 0.3) is 0 Å². The van der Waals surface area contributed by atoms with Gasteiger partial charge in [0.2, 0.25) is 0 Å². The highest BCUT2D eigenvalue weighted by Crippen LogP contribution is 2.16. The summed E-state index contributed by atoms with van der Waals surface area (Å²) in [5.41, 5.74) is 2.43. The van der Waals surface area contributed by atoms with Crippen molar-refractivity contribution in [3.8, 4) is 0 Å². The maximum Gasteiger partial charge on any atom is 0.0596 e. The van der Waals surface area contributed by atoms with Gasteiger partial charge in [-0.2, -0.15) is 5.10 Å². The van der Waals surface area contributed by atoms with Crippen molar-refractivity contribution >= 4 is 0 Å². The molecule has 0 bridgehead atoms. The van der Waals surface area contributed by atoms with E-state index in [0.717, 1.165) is 18.2 Å². The number of aryl methyl sites for hydroxylation is 2. The van der Waals surface area contributed by atoms with Crippen LogP contribution in [-0.4, -0.2) is 9.78 Å². The monoisotopic (exact) mass is 208 g/mol. The van der Waals surface area contributed by atoms with Crippen molar-refractivity contribution in [2.45, 2.75) is 59.9 Å². The van der Waals surface area contributed by atoms with E-state index >= 15 is 0 Å². The van der Waals surface area contributed by atoms with Crippen LogP contribution in [0, 0.1) is 19.8 Å². The predicted molar refractivity (Wildman–Crippen MR) is 65.0 cm³/mol. The molecule has 0 amide bonds. The Balaban J connectivity index is 2.54. The van der Waals surface area contributed by atoms with Gasteiger partial charge in [0, 0.05) is 12.2 Å². The van der Waals surface area contributed by atoms with Crippen molar-refractivity contribution in [3.05, 3.63) is 17.5 Å². The molecule has 15 heavy (non-hydrogen) atoms. The minimum absolute atomic E-state index is 0.794. The molecule has 0 radical (unpaired) electrons. The summed E-state index contributed by atoms with van der Waals surface area (Å²) in [6.45, 7) is 9.85. The first-order chi connectivity index (χ1) is 7.17. The van der Waals surface area contributed by atoms with E-state index in [-0.39, 0.29) is 0 Å². The number of aromatic nitrogens is 2. The Kier molecular flexibility index (Phi) is 4.86. The molecule has 86 valence electrons. The fourth-order valence-corrected chi connectivity index (χ4v) is 2.02. The van der Waals surface area contributed by atoms with Crippen LogP contribution in [0.2, 0.25) is 0 Å². The SMILES string of the molecule is CCCCC(CC)Cn1nc(C)cc1C. The normalized spacial score (nSPS) is 13.1. The average Bonchev–Trinajstić information content (AvgIpc) is 2.52. The molecule has 2 heteroatoms. The van der Waals surface area contributed by atoms with Crippen LogP contribution in [0.1, 0.15) is 50.9 Å². The smallest absolute Gasteiger partial charge is 0.0596 e. The second kappa shape index (κ2) is 5.94. The van der Waals surface area contributed by atoms with Crippen molar-refractivity contribution in [1.82, 2.24) is 9.78 Å². The lowest BCUT2D eigenvalue weighted by atomic mass is 9.99. The first-order valence-electron chi connectivity index (χ1n) is 6.18. The van der Waals surface area contributed by atoms with Gasteiger partial charge in [0.25, 0.3) is 0 Å². The fourth-order valence-electron chi connectivity index (χ4n) is 2.02. The molecule has 0 saturated heterocycles. The maximum absolute atomic E-state index is 4.52. The van der Waals surface area contributed by atoms with Gasteiger partial charge >= 0.3 is 0 Å². The Morgan fingerprint density at radius 3 is 2.53 bits per heavy atom. The zero-order chi connectivity index (χ0) is 11.3. The molecule has 0 spiro atoms. The molecular formula is C13H24N2. The third kappa shape index (κ3) is 3.69. The van der Waals surface area contributed by atoms with Gasteiger partial charge in [-0.1, -0.05) is 33.1 Å². The minimum atomic E-state index is 0.794. The first-order valence-corrected chi connectivity index (χ1v) is 6.18. The van der Waals surface area contributed by atoms with Gasteiger partial charge in [0.05, 0.1) is 5.69 Å². The van der Waals surface area contributed by atoms with Crippen molar-refractivity contribution < 1.29 is 0 Å². The highest BCUT2D eigenvalue weighted by molar-refractivity contribution is 5.06. The maximum atomic E-state index is 4.52. The van der Waals surface area contributed by atoms with Crippen molar-refractivity contribution in [2.24, 2.45) is 5.92 Å². The largest absolute Gasteiger partial charge is 0.269 e. The lowest BCUT2D eigenvalue weighted by Gasteiger charge is -2.15. The Bertz CT molecular complexity index is 289. The van der Waals surface area contributed by atoms with Crippen LogP contribution < -0.4 is 0 Å². The van der Waals surface area contributed by atoms with Gasteiger partial charge in [-0.25, -0.2) is 0 Å². The summed E-state index contributed by atoms with van der Waals surface area (Å²) in [6, 6.07) is 2.16. The standard InChI is InChI=1S/C13H24N2/c1-5-7-8-13(6-2)10-15-12(4)9-11(3)14-15/h9,13H,5-8,10H2,1-4H3. The summed E-state index contributed by atoms with van der Waals surface area (Å²) >= 11 is 0. The third-order valence-corrected chi connectivity index (χ3v) is 3.08. The van der Waals surface area contributed by atoms with E-state index in [1.165, 1.54) is 31.4 Å². The Morgan fingerprint density at radius 2 is 2.07 bits per heavy atom. The molecule has 0 aliphatic carbocycles. The van der Waals surface area contributed by atoms with E-state index in [1.807, 2.05) is 0 Å². The molecule has 1 atom stereocenters. The molecule has 0 saturated carbocycles. The van der Waals surface area contributed by atoms with Gasteiger partial charge in [0.15, 0.2) is 0 Å². The zero-order valence-corrected chi connectivity index (χ0v) is 10.6. The Hall–Kier alpha value is -0.790. The minimum Gasteiger partial charge on any atom is -0.269 e. The number of hydrogen-bond donors (Lipinski definition) is 0. The fraction of sp³-hybridized carbons (Fsp3) is 0.769. The number of unbranched alkanes of at least 4 members (excludes halogenated alkanes) is 1. The summed E-state index contributed by atoms with van der Waals surface area (Å²) in [5.74, 6) is 0.794. The molecule has 0 N–H and O–H groups in total. The second-order valence-electron chi connectivity index (χ2n) is 4.53. The van der Waals surface area contributed by atoms with Crippen LogP contribution in [-0.2, 0) is 6.54 Å². The van der Waals surface area contributed by atoms with E-state index in [2.05, 4.69) is 43.5 Å². The van der Waals surface area contributed by atoms with Crippen molar-refractivity contribution in [1.29, 1.82) is 0 Å². The van der Waals surface area contributed by atoms with E-state index in [1.54, 1.807) is 0 Å². The molecule has 1 rings (SSSR count). The lowest BCUT2D eigenvalue weighted by Crippen LogP contribution is -2.12. The lowest BCUT2D eigenvalue weighted by molar-refractivity contribution is 0.368. The predicted octanol–water partition coefficient (Wildman–Crippen LogP) is 3.72. The number of nitrogens with zero attached hydrogens (tertiary/aromatic N) is 2. The van der Waals surface area contributed by atoms with E-state index in [0.29, 0.717) is 0 Å². The van der Waals surface area contributed by atoms with E-state index in [9.17, 15) is 0 Å². The molecule has 0 fully saturated rings. The number of hydrogen-bond acceptors (Lipinski definition) is 1. The summed E-state index contributed by atoms with van der Waals surface area (Å²) in [4.78, 5) is 0. The van der Waals surface area contributed by atoms with Gasteiger partial charge in [0.1, 0.15) is 0 Å². The first kappa shape index (κ1) is 12.3. The summed E-state index contributed by atoms with van der Waals surface area (Å²) in [6.07, 6.45) is 5.25. The topological polar surface area (TPSA) is 17.8 Å². The zero-order valence-electron chi connectivity index (χ0n) is 10.6. The van der Waals surface area contributed by atoms with Crippen molar-refractivity contribution in [2.75, 3.05) is 0 Å². The van der Waals surface area contributed by atoms with E-state index in [4.69, 9.17) is 0 Å². The molecule has 1 heterocycles. The van der Waals surface area contributed by atoms with E-state index < -0.39 is 0 Å². The molecule has 1 unspecified atom stereocenters. The third-order valence-electron chi connectivity index (χ3n) is 3.08. The number of rotatable bonds is 6. The van der Waals surface area contributed by atoms with Crippen LogP contribution >= 0.6 is 0 Å². The van der Waals surface area contributed by atoms with Crippen LogP contribution in [0.3, 0.4) is 0 Å². The van der Waals surface area contributed by atoms with Crippen LogP contribution in [0.15, 0.2) is 6.07 Å². The second-order valence-corrected chi connectivity index (χ2v) is 4.53. The van der Waals surface area contributed by atoms with Gasteiger partial charge < -0.3 is 0 Å². The molecule has 1 aromatic rings. The molecular weight excluding hydrogens is 184 g/mol. The quantitative estimate of drug-likeness (QED) is 0.696. The Labute approximate surface area is 93.7 Å². The summed E-state index contributed by atoms with van der Waals surface area (Å²) in [7, 11) is 0. The summed E-state index contributed by atoms with van der Waals surface area (Å²) in [5, 5.41) is 4.52. The molecule has 0 aromatic carbocycles. The highest BCUT2D eigenvalue weighted by atomic mass is 15.3. The van der Waals surface area contributed by atoms with Crippen LogP contribution in [0.4, 0.5) is 0 Å². The molecule has 2 nitrogen and oxygen atoms in total. The van der Waals surface area contributed by atoms with Gasteiger partial charge in [-0.3, -0.25) is 4.68 Å². The van der Waals surface area contributed by atoms with Gasteiger partial charge in [-0.15, -0.1) is 0 Å².